The smallest absolute Gasteiger partial charge is 0.212 e. The van der Waals surface area contributed by atoms with Crippen LogP contribution >= 0.6 is 0 Å². The van der Waals surface area contributed by atoms with Crippen molar-refractivity contribution in [3.8, 4) is 0 Å². The summed E-state index contributed by atoms with van der Waals surface area (Å²) in [4.78, 5) is 4.06. The number of sulfonamides is 1. The Bertz CT molecular complexity index is 434. The van der Waals surface area contributed by atoms with Gasteiger partial charge in [-0.15, -0.1) is 0 Å². The van der Waals surface area contributed by atoms with Gasteiger partial charge in [0, 0.05) is 24.9 Å². The van der Waals surface area contributed by atoms with E-state index >= 15 is 0 Å². The van der Waals surface area contributed by atoms with E-state index in [1.807, 2.05) is 13.0 Å². The van der Waals surface area contributed by atoms with E-state index in [2.05, 4.69) is 9.71 Å². The normalized spacial score (nSPS) is 13.4. The highest BCUT2D eigenvalue weighted by Crippen LogP contribution is 1.99. The number of nitrogens with one attached hydrogen (secondary N) is 1. The van der Waals surface area contributed by atoms with Crippen LogP contribution in [0.1, 0.15) is 25.5 Å². The zero-order valence-electron chi connectivity index (χ0n) is 10.5. The summed E-state index contributed by atoms with van der Waals surface area (Å²) >= 11 is 0. The number of rotatable bonds is 8. The molecule has 5 nitrogen and oxygen atoms in total. The molecule has 0 radical (unpaired) electrons. The summed E-state index contributed by atoms with van der Waals surface area (Å²) in [5, 5.41) is 9.46. The van der Waals surface area contributed by atoms with Crippen LogP contribution < -0.4 is 4.72 Å². The first-order chi connectivity index (χ1) is 8.53. The van der Waals surface area contributed by atoms with Gasteiger partial charge in [0.05, 0.1) is 11.9 Å². The van der Waals surface area contributed by atoms with E-state index in [9.17, 15) is 13.5 Å². The first kappa shape index (κ1) is 15.1. The van der Waals surface area contributed by atoms with Crippen molar-refractivity contribution < 1.29 is 13.5 Å². The molecule has 102 valence electrons. The van der Waals surface area contributed by atoms with Crippen LogP contribution in [0.4, 0.5) is 0 Å². The monoisotopic (exact) mass is 272 g/mol. The van der Waals surface area contributed by atoms with Crippen molar-refractivity contribution >= 4 is 10.0 Å². The third kappa shape index (κ3) is 6.09. The van der Waals surface area contributed by atoms with Crippen molar-refractivity contribution in [1.29, 1.82) is 0 Å². The summed E-state index contributed by atoms with van der Waals surface area (Å²) in [6.45, 7) is 2.02. The maximum absolute atomic E-state index is 11.7. The van der Waals surface area contributed by atoms with E-state index in [-0.39, 0.29) is 12.3 Å². The molecule has 0 aliphatic heterocycles. The highest BCUT2D eigenvalue weighted by molar-refractivity contribution is 7.89. The molecular formula is C12H20N2O3S. The molecule has 0 fully saturated rings. The quantitative estimate of drug-likeness (QED) is 0.730. The van der Waals surface area contributed by atoms with Gasteiger partial charge in [-0.2, -0.15) is 0 Å². The first-order valence-corrected chi connectivity index (χ1v) is 7.74. The van der Waals surface area contributed by atoms with Crippen LogP contribution in [0.2, 0.25) is 0 Å². The minimum absolute atomic E-state index is 0.0111. The summed E-state index contributed by atoms with van der Waals surface area (Å²) in [6, 6.07) is 5.41. The highest BCUT2D eigenvalue weighted by atomic mass is 32.2. The second-order valence-electron chi connectivity index (χ2n) is 4.18. The summed E-state index contributed by atoms with van der Waals surface area (Å²) < 4.78 is 25.7. The molecule has 0 saturated heterocycles. The van der Waals surface area contributed by atoms with E-state index in [0.717, 1.165) is 12.1 Å². The molecule has 0 aliphatic rings. The summed E-state index contributed by atoms with van der Waals surface area (Å²) in [7, 11) is -3.34. The Balaban J connectivity index is 2.36. The van der Waals surface area contributed by atoms with Gasteiger partial charge in [-0.3, -0.25) is 4.98 Å². The predicted octanol–water partition coefficient (Wildman–Crippen LogP) is 0.704. The number of aliphatic hydroxyl groups excluding tert-OH is 1. The Kier molecular flexibility index (Phi) is 6.24. The fourth-order valence-corrected chi connectivity index (χ4v) is 2.58. The molecule has 1 rings (SSSR count). The van der Waals surface area contributed by atoms with Gasteiger partial charge in [0.1, 0.15) is 0 Å². The van der Waals surface area contributed by atoms with E-state index in [4.69, 9.17) is 0 Å². The Morgan fingerprint density at radius 3 is 2.83 bits per heavy atom. The maximum atomic E-state index is 11.7. The van der Waals surface area contributed by atoms with Crippen LogP contribution in [0.3, 0.4) is 0 Å². The summed E-state index contributed by atoms with van der Waals surface area (Å²) in [5.41, 5.74) is 0.747. The van der Waals surface area contributed by atoms with Crippen molar-refractivity contribution in [3.63, 3.8) is 0 Å². The third-order valence-corrected chi connectivity index (χ3v) is 3.86. The molecule has 1 unspecified atom stereocenters. The maximum Gasteiger partial charge on any atom is 0.212 e. The van der Waals surface area contributed by atoms with E-state index < -0.39 is 16.1 Å². The fraction of sp³-hybridized carbons (Fsp3) is 0.583. The SMILES string of the molecule is CCCC(O)CNS(=O)(=O)CCc1ccccn1. The number of aromatic nitrogens is 1. The second kappa shape index (κ2) is 7.45. The molecule has 0 aromatic carbocycles. The first-order valence-electron chi connectivity index (χ1n) is 6.09. The molecule has 6 heteroatoms. The van der Waals surface area contributed by atoms with Gasteiger partial charge in [-0.25, -0.2) is 13.1 Å². The van der Waals surface area contributed by atoms with Gasteiger partial charge in [-0.1, -0.05) is 19.4 Å². The van der Waals surface area contributed by atoms with Crippen molar-refractivity contribution in [2.75, 3.05) is 12.3 Å². The molecule has 1 aromatic heterocycles. The van der Waals surface area contributed by atoms with Gasteiger partial charge < -0.3 is 5.11 Å². The molecule has 1 heterocycles. The molecule has 0 bridgehead atoms. The zero-order chi connectivity index (χ0) is 13.4. The lowest BCUT2D eigenvalue weighted by Crippen LogP contribution is -2.34. The van der Waals surface area contributed by atoms with Crippen molar-refractivity contribution in [2.45, 2.75) is 32.3 Å². The molecule has 1 atom stereocenters. The van der Waals surface area contributed by atoms with Gasteiger partial charge >= 0.3 is 0 Å². The van der Waals surface area contributed by atoms with Crippen LogP contribution in [-0.2, 0) is 16.4 Å². The number of aryl methyl sites for hydroxylation is 1. The van der Waals surface area contributed by atoms with Crippen LogP contribution in [-0.4, -0.2) is 36.9 Å². The molecular weight excluding hydrogens is 252 g/mol. The lowest BCUT2D eigenvalue weighted by molar-refractivity contribution is 0.167. The van der Waals surface area contributed by atoms with Crippen molar-refractivity contribution in [2.24, 2.45) is 0 Å². The van der Waals surface area contributed by atoms with Gasteiger partial charge in [-0.05, 0) is 18.6 Å². The van der Waals surface area contributed by atoms with Crippen LogP contribution in [0.25, 0.3) is 0 Å². The number of hydrogen-bond donors (Lipinski definition) is 2. The Morgan fingerprint density at radius 1 is 1.44 bits per heavy atom. The minimum atomic E-state index is -3.34. The third-order valence-electron chi connectivity index (χ3n) is 2.51. The highest BCUT2D eigenvalue weighted by Gasteiger charge is 2.12. The molecule has 18 heavy (non-hydrogen) atoms. The zero-order valence-corrected chi connectivity index (χ0v) is 11.4. The largest absolute Gasteiger partial charge is 0.392 e. The van der Waals surface area contributed by atoms with Gasteiger partial charge in [0.25, 0.3) is 0 Å². The van der Waals surface area contributed by atoms with Crippen molar-refractivity contribution in [1.82, 2.24) is 9.71 Å². The van der Waals surface area contributed by atoms with Crippen LogP contribution in [0.5, 0.6) is 0 Å². The predicted molar refractivity (Wildman–Crippen MR) is 70.6 cm³/mol. The number of pyridine rings is 1. The average molecular weight is 272 g/mol. The molecule has 2 N–H and O–H groups in total. The second-order valence-corrected chi connectivity index (χ2v) is 6.11. The lowest BCUT2D eigenvalue weighted by Gasteiger charge is -2.11. The van der Waals surface area contributed by atoms with Crippen molar-refractivity contribution in [3.05, 3.63) is 30.1 Å². The number of aliphatic hydroxyl groups is 1. The van der Waals surface area contributed by atoms with E-state index in [1.54, 1.807) is 18.3 Å². The number of nitrogens with zero attached hydrogens (tertiary/aromatic N) is 1. The van der Waals surface area contributed by atoms with E-state index in [0.29, 0.717) is 12.8 Å². The Labute approximate surface area is 108 Å². The summed E-state index contributed by atoms with van der Waals surface area (Å²) in [5.74, 6) is -0.0111. The van der Waals surface area contributed by atoms with Gasteiger partial charge in [0.2, 0.25) is 10.0 Å². The Hall–Kier alpha value is -0.980. The van der Waals surface area contributed by atoms with E-state index in [1.165, 1.54) is 0 Å². The van der Waals surface area contributed by atoms with Gasteiger partial charge in [0.15, 0.2) is 0 Å². The Morgan fingerprint density at radius 2 is 2.22 bits per heavy atom. The number of hydrogen-bond acceptors (Lipinski definition) is 4. The fourth-order valence-electron chi connectivity index (χ4n) is 1.52. The topological polar surface area (TPSA) is 79.3 Å². The molecule has 0 spiro atoms. The average Bonchev–Trinajstić information content (AvgIpc) is 2.36. The molecule has 0 saturated carbocycles. The minimum Gasteiger partial charge on any atom is -0.392 e. The lowest BCUT2D eigenvalue weighted by atomic mass is 10.2. The standard InChI is InChI=1S/C12H20N2O3S/c1-2-5-12(15)10-14-18(16,17)9-7-11-6-3-4-8-13-11/h3-4,6,8,12,14-15H,2,5,7,9-10H2,1H3. The van der Waals surface area contributed by atoms with Crippen LogP contribution in [0, 0.1) is 0 Å². The summed E-state index contributed by atoms with van der Waals surface area (Å²) in [6.07, 6.45) is 2.83. The van der Waals surface area contributed by atoms with Crippen LogP contribution in [0.15, 0.2) is 24.4 Å². The molecule has 0 amide bonds. The molecule has 0 aliphatic carbocycles. The molecule has 1 aromatic rings.